The molecular weight excluding hydrogens is 348 g/mol. The van der Waals surface area contributed by atoms with Crippen molar-refractivity contribution in [2.24, 2.45) is 0 Å². The Morgan fingerprint density at radius 2 is 1.64 bits per heavy atom. The number of aryl methyl sites for hydroxylation is 1. The van der Waals surface area contributed by atoms with E-state index in [0.29, 0.717) is 18.7 Å². The molecular formula is C24H34N2O2. The van der Waals surface area contributed by atoms with Crippen molar-refractivity contribution in [3.8, 4) is 5.75 Å². The number of hydrogen-bond donors (Lipinski definition) is 1. The second kappa shape index (κ2) is 12.9. The molecule has 28 heavy (non-hydrogen) atoms. The van der Waals surface area contributed by atoms with Gasteiger partial charge >= 0.3 is 0 Å². The van der Waals surface area contributed by atoms with Crippen LogP contribution in [0.5, 0.6) is 5.75 Å². The number of rotatable bonds is 13. The Morgan fingerprint density at radius 1 is 0.929 bits per heavy atom. The Morgan fingerprint density at radius 3 is 2.32 bits per heavy atom. The van der Waals surface area contributed by atoms with Crippen LogP contribution in [0.4, 0.5) is 0 Å². The summed E-state index contributed by atoms with van der Waals surface area (Å²) in [5, 5.41) is 2.98. The summed E-state index contributed by atoms with van der Waals surface area (Å²) >= 11 is 0. The summed E-state index contributed by atoms with van der Waals surface area (Å²) in [4.78, 5) is 14.5. The molecule has 152 valence electrons. The Bertz CT molecular complexity index is 667. The molecule has 2 aromatic rings. The fourth-order valence-corrected chi connectivity index (χ4v) is 3.11. The van der Waals surface area contributed by atoms with Crippen LogP contribution in [0.25, 0.3) is 0 Å². The highest BCUT2D eigenvalue weighted by atomic mass is 16.5. The number of unbranched alkanes of at least 4 members (excludes halogenated alkanes) is 2. The highest BCUT2D eigenvalue weighted by Gasteiger charge is 2.06. The average Bonchev–Trinajstić information content (AvgIpc) is 2.74. The molecule has 0 atom stereocenters. The minimum Gasteiger partial charge on any atom is -0.494 e. The zero-order chi connectivity index (χ0) is 20.0. The maximum Gasteiger partial charge on any atom is 0.251 e. The monoisotopic (exact) mass is 382 g/mol. The van der Waals surface area contributed by atoms with Crippen LogP contribution >= 0.6 is 0 Å². The van der Waals surface area contributed by atoms with Gasteiger partial charge in [0.25, 0.3) is 5.91 Å². The molecule has 0 aliphatic heterocycles. The van der Waals surface area contributed by atoms with Gasteiger partial charge in [0, 0.05) is 18.7 Å². The largest absolute Gasteiger partial charge is 0.494 e. The summed E-state index contributed by atoms with van der Waals surface area (Å²) in [5.74, 6) is 0.794. The molecule has 2 rings (SSSR count). The lowest BCUT2D eigenvalue weighted by Crippen LogP contribution is -2.34. The Labute approximate surface area is 169 Å². The van der Waals surface area contributed by atoms with Gasteiger partial charge in [0.1, 0.15) is 5.75 Å². The van der Waals surface area contributed by atoms with Gasteiger partial charge in [-0.2, -0.15) is 0 Å². The first-order valence-electron chi connectivity index (χ1n) is 10.5. The lowest BCUT2D eigenvalue weighted by atomic mass is 10.1. The third-order valence-corrected chi connectivity index (χ3v) is 4.95. The van der Waals surface area contributed by atoms with E-state index < -0.39 is 0 Å². The van der Waals surface area contributed by atoms with Crippen LogP contribution in [0.3, 0.4) is 0 Å². The van der Waals surface area contributed by atoms with E-state index >= 15 is 0 Å². The Balaban J connectivity index is 1.60. The smallest absolute Gasteiger partial charge is 0.251 e. The van der Waals surface area contributed by atoms with Gasteiger partial charge in [0.15, 0.2) is 0 Å². The number of hydrogen-bond acceptors (Lipinski definition) is 3. The highest BCUT2D eigenvalue weighted by Crippen LogP contribution is 2.13. The van der Waals surface area contributed by atoms with E-state index in [2.05, 4.69) is 54.4 Å². The first-order valence-corrected chi connectivity index (χ1v) is 10.5. The average molecular weight is 383 g/mol. The number of ether oxygens (including phenoxy) is 1. The molecule has 0 spiro atoms. The van der Waals surface area contributed by atoms with Gasteiger partial charge in [-0.3, -0.25) is 4.79 Å². The number of nitrogens with zero attached hydrogens (tertiary/aromatic N) is 1. The standard InChI is InChI=1S/C24H34N2O2/c1-3-26(4-2)19-18-25-24(27)22-14-16-23(17-15-22)28-20-10-6-9-13-21-11-7-5-8-12-21/h5,7-8,11-12,14-17H,3-4,6,9-10,13,18-20H2,1-2H3,(H,25,27). The predicted molar refractivity (Wildman–Crippen MR) is 116 cm³/mol. The van der Waals surface area contributed by atoms with Crippen molar-refractivity contribution in [2.45, 2.75) is 39.5 Å². The number of benzene rings is 2. The molecule has 1 amide bonds. The zero-order valence-electron chi connectivity index (χ0n) is 17.3. The molecule has 0 aliphatic rings. The SMILES string of the molecule is CCN(CC)CCNC(=O)c1ccc(OCCCCCc2ccccc2)cc1. The molecule has 0 fully saturated rings. The minimum absolute atomic E-state index is 0.0281. The molecule has 0 saturated carbocycles. The molecule has 0 aliphatic carbocycles. The zero-order valence-corrected chi connectivity index (χ0v) is 17.3. The molecule has 0 aromatic heterocycles. The number of carbonyl (C=O) groups excluding carboxylic acids is 1. The maximum absolute atomic E-state index is 12.2. The van der Waals surface area contributed by atoms with Crippen LogP contribution in [0, 0.1) is 0 Å². The normalized spacial score (nSPS) is 10.8. The lowest BCUT2D eigenvalue weighted by Gasteiger charge is -2.17. The van der Waals surface area contributed by atoms with E-state index in [1.54, 1.807) is 0 Å². The first kappa shape index (κ1) is 22.0. The van der Waals surface area contributed by atoms with Crippen molar-refractivity contribution in [3.05, 3.63) is 65.7 Å². The third-order valence-electron chi connectivity index (χ3n) is 4.95. The maximum atomic E-state index is 12.2. The van der Waals surface area contributed by atoms with Gasteiger partial charge in [0.05, 0.1) is 6.61 Å². The summed E-state index contributed by atoms with van der Waals surface area (Å²) < 4.78 is 5.80. The molecule has 4 heteroatoms. The van der Waals surface area contributed by atoms with Gasteiger partial charge < -0.3 is 15.0 Å². The number of amides is 1. The number of likely N-dealkylation sites (N-methyl/N-ethyl adjacent to an activating group) is 1. The van der Waals surface area contributed by atoms with Crippen LogP contribution in [0.1, 0.15) is 49.0 Å². The van der Waals surface area contributed by atoms with E-state index in [4.69, 9.17) is 4.74 Å². The van der Waals surface area contributed by atoms with Crippen molar-refractivity contribution in [3.63, 3.8) is 0 Å². The van der Waals surface area contributed by atoms with E-state index in [0.717, 1.165) is 44.6 Å². The summed E-state index contributed by atoms with van der Waals surface area (Å²) in [6.07, 6.45) is 4.50. The van der Waals surface area contributed by atoms with Crippen LogP contribution in [0.15, 0.2) is 54.6 Å². The van der Waals surface area contributed by atoms with Crippen LogP contribution in [-0.4, -0.2) is 43.6 Å². The second-order valence-electron chi connectivity index (χ2n) is 6.95. The van der Waals surface area contributed by atoms with Crippen molar-refractivity contribution in [1.29, 1.82) is 0 Å². The van der Waals surface area contributed by atoms with Gasteiger partial charge in [-0.25, -0.2) is 0 Å². The Kier molecular flexibility index (Phi) is 10.2. The summed E-state index contributed by atoms with van der Waals surface area (Å²) in [5.41, 5.74) is 2.07. The van der Waals surface area contributed by atoms with E-state index in [9.17, 15) is 4.79 Å². The first-order chi connectivity index (χ1) is 13.7. The molecule has 1 N–H and O–H groups in total. The number of nitrogens with one attached hydrogen (secondary N) is 1. The molecule has 0 radical (unpaired) electrons. The lowest BCUT2D eigenvalue weighted by molar-refractivity contribution is 0.0949. The van der Waals surface area contributed by atoms with Crippen molar-refractivity contribution in [1.82, 2.24) is 10.2 Å². The van der Waals surface area contributed by atoms with Gasteiger partial charge in [-0.15, -0.1) is 0 Å². The second-order valence-corrected chi connectivity index (χ2v) is 6.95. The summed E-state index contributed by atoms with van der Waals surface area (Å²) in [7, 11) is 0. The van der Waals surface area contributed by atoms with E-state index in [1.807, 2.05) is 24.3 Å². The van der Waals surface area contributed by atoms with Crippen molar-refractivity contribution in [2.75, 3.05) is 32.8 Å². The molecule has 0 heterocycles. The fraction of sp³-hybridized carbons (Fsp3) is 0.458. The summed E-state index contributed by atoms with van der Waals surface area (Å²) in [6, 6.07) is 18.0. The van der Waals surface area contributed by atoms with E-state index in [-0.39, 0.29) is 5.91 Å². The summed E-state index contributed by atoms with van der Waals surface area (Å²) in [6.45, 7) is 8.53. The van der Waals surface area contributed by atoms with Gasteiger partial charge in [0.2, 0.25) is 0 Å². The Hall–Kier alpha value is -2.33. The number of carbonyl (C=O) groups is 1. The third kappa shape index (κ3) is 8.13. The van der Waals surface area contributed by atoms with Gasteiger partial charge in [-0.05, 0) is 68.6 Å². The molecule has 0 unspecified atom stereocenters. The molecule has 0 saturated heterocycles. The topological polar surface area (TPSA) is 41.6 Å². The van der Waals surface area contributed by atoms with Crippen molar-refractivity contribution < 1.29 is 9.53 Å². The quantitative estimate of drug-likeness (QED) is 0.517. The van der Waals surface area contributed by atoms with Crippen molar-refractivity contribution >= 4 is 5.91 Å². The van der Waals surface area contributed by atoms with E-state index in [1.165, 1.54) is 12.0 Å². The highest BCUT2D eigenvalue weighted by molar-refractivity contribution is 5.94. The van der Waals surface area contributed by atoms with Crippen LogP contribution in [0.2, 0.25) is 0 Å². The van der Waals surface area contributed by atoms with Gasteiger partial charge in [-0.1, -0.05) is 44.2 Å². The predicted octanol–water partition coefficient (Wildman–Crippen LogP) is 4.55. The minimum atomic E-state index is -0.0281. The molecule has 2 aromatic carbocycles. The van der Waals surface area contributed by atoms with Crippen LogP contribution < -0.4 is 10.1 Å². The fourth-order valence-electron chi connectivity index (χ4n) is 3.11. The van der Waals surface area contributed by atoms with Crippen LogP contribution in [-0.2, 0) is 6.42 Å². The molecule has 0 bridgehead atoms. The molecule has 4 nitrogen and oxygen atoms in total.